The quantitative estimate of drug-likeness (QED) is 0.124. The normalized spacial score (nSPS) is 11.0. The smallest absolute Gasteiger partial charge is 0.0640 e. The average molecular weight is 1390 g/mol. The van der Waals surface area contributed by atoms with Crippen LogP contribution in [0, 0.1) is 0 Å². The Morgan fingerprint density at radius 2 is 0.436 bits per heavy atom. The molecule has 0 spiro atoms. The third kappa shape index (κ3) is 14.2. The number of benzene rings is 16. The lowest BCUT2D eigenvalue weighted by Gasteiger charge is -2.26. The number of rotatable bonds is 13. The third-order valence-corrected chi connectivity index (χ3v) is 21.9. The zero-order chi connectivity index (χ0) is 67.7. The Labute approximate surface area is 606 Å². The first-order valence-corrected chi connectivity index (χ1v) is 36.5. The molecule has 18 rings (SSSR count). The average Bonchev–Trinajstić information content (AvgIpc) is 1.71. The van der Waals surface area contributed by atoms with E-state index in [0.29, 0.717) is 0 Å². The van der Waals surface area contributed by atoms with E-state index in [4.69, 9.17) is 0 Å². The van der Waals surface area contributed by atoms with Gasteiger partial charge in [0.05, 0.1) is 10.4 Å². The minimum atomic E-state index is 1.07. The maximum Gasteiger partial charge on any atom is 0.0640 e. The standard InChI is InChI=1S/C48H33NS.C36H27N.C12H7BrS/c1-3-10-34(11-4-1)36-18-22-38(23-19-36)40-26-30-42(31-27-40)49(46-16-9-15-45-44-14-7-8-17-47(44)50-48(45)46)43-32-28-41(29-33-43)39-24-20-37(21-25-39)35-12-5-2-6-13-35;1-3-7-27(8-4-1)29-11-15-31(16-12-29)33-19-23-35(24-20-33)37-36-25-21-34(22-26-36)32-17-13-30(14-18-32)28-9-5-2-6-10-28;13-10-6-3-5-9-8-4-1-2-7-11(8)14-12(9)10/h1-33H;1-26,37H;1-7H. The van der Waals surface area contributed by atoms with Crippen LogP contribution in [0.4, 0.5) is 28.4 Å². The van der Waals surface area contributed by atoms with Crippen molar-refractivity contribution in [1.29, 1.82) is 0 Å². The molecular weight excluding hydrogens is 1330 g/mol. The molecule has 2 aromatic heterocycles. The SMILES string of the molecule is Brc1cccc2c1sc1ccccc12.c1ccc(-c2ccc(-c3ccc(N(c4ccc(-c5ccc(-c6ccccc6)cc5)cc4)c4cccc5c4sc4ccccc45)cc3)cc2)cc1.c1ccc(-c2ccc(-c3ccc(Nc4ccc(-c5ccc(-c6ccccc6)cc5)cc4)cc3)cc2)cc1. The van der Waals surface area contributed by atoms with E-state index in [1.807, 2.05) is 34.8 Å². The number of hydrogen-bond acceptors (Lipinski definition) is 4. The van der Waals surface area contributed by atoms with Gasteiger partial charge in [-0.25, -0.2) is 0 Å². The summed E-state index contributed by atoms with van der Waals surface area (Å²) in [6, 6.07) is 143. The lowest BCUT2D eigenvalue weighted by molar-refractivity contribution is 1.30. The molecule has 101 heavy (non-hydrogen) atoms. The van der Waals surface area contributed by atoms with E-state index in [9.17, 15) is 0 Å². The molecule has 0 aliphatic rings. The first-order chi connectivity index (χ1) is 50.0. The van der Waals surface area contributed by atoms with Crippen LogP contribution in [-0.4, -0.2) is 0 Å². The van der Waals surface area contributed by atoms with E-state index in [1.165, 1.54) is 140 Å². The molecule has 0 radical (unpaired) electrons. The van der Waals surface area contributed by atoms with Crippen molar-refractivity contribution in [3.63, 3.8) is 0 Å². The fourth-order valence-electron chi connectivity index (χ4n) is 13.3. The zero-order valence-electron chi connectivity index (χ0n) is 55.2. The Kier molecular flexibility index (Phi) is 18.7. The second-order valence-electron chi connectivity index (χ2n) is 24.9. The van der Waals surface area contributed by atoms with E-state index < -0.39 is 0 Å². The van der Waals surface area contributed by atoms with Gasteiger partial charge in [0.1, 0.15) is 0 Å². The van der Waals surface area contributed by atoms with E-state index in [0.717, 1.165) is 22.7 Å². The molecule has 0 saturated heterocycles. The second kappa shape index (κ2) is 29.6. The molecule has 0 bridgehead atoms. The van der Waals surface area contributed by atoms with Gasteiger partial charge >= 0.3 is 0 Å². The largest absolute Gasteiger partial charge is 0.356 e. The zero-order valence-corrected chi connectivity index (χ0v) is 58.5. The lowest BCUT2D eigenvalue weighted by Crippen LogP contribution is -2.10. The van der Waals surface area contributed by atoms with Crippen LogP contribution in [0.15, 0.2) is 405 Å². The number of hydrogen-bond donors (Lipinski definition) is 1. The van der Waals surface area contributed by atoms with Gasteiger partial charge in [-0.05, 0) is 178 Å². The highest BCUT2D eigenvalue weighted by Gasteiger charge is 2.19. The van der Waals surface area contributed by atoms with Gasteiger partial charge in [0, 0.05) is 62.9 Å². The van der Waals surface area contributed by atoms with Crippen LogP contribution in [0.2, 0.25) is 0 Å². The van der Waals surface area contributed by atoms with Gasteiger partial charge in [-0.2, -0.15) is 0 Å². The molecule has 16 aromatic carbocycles. The van der Waals surface area contributed by atoms with Gasteiger partial charge in [0.25, 0.3) is 0 Å². The van der Waals surface area contributed by atoms with Gasteiger partial charge in [-0.1, -0.05) is 328 Å². The second-order valence-corrected chi connectivity index (χ2v) is 27.9. The number of nitrogens with one attached hydrogen (secondary N) is 1. The predicted octanol–water partition coefficient (Wildman–Crippen LogP) is 29.1. The summed E-state index contributed by atoms with van der Waals surface area (Å²) in [7, 11) is 0. The Morgan fingerprint density at radius 1 is 0.198 bits per heavy atom. The van der Waals surface area contributed by atoms with Gasteiger partial charge in [0.2, 0.25) is 0 Å². The molecule has 2 heterocycles. The van der Waals surface area contributed by atoms with Gasteiger partial charge in [0.15, 0.2) is 0 Å². The molecule has 5 heteroatoms. The molecule has 0 saturated carbocycles. The number of thiophene rings is 2. The van der Waals surface area contributed by atoms with Crippen LogP contribution in [0.25, 0.3) is 129 Å². The van der Waals surface area contributed by atoms with Crippen molar-refractivity contribution in [1.82, 2.24) is 0 Å². The van der Waals surface area contributed by atoms with Crippen molar-refractivity contribution in [2.45, 2.75) is 0 Å². The highest BCUT2D eigenvalue weighted by atomic mass is 79.9. The van der Waals surface area contributed by atoms with Gasteiger partial charge < -0.3 is 10.2 Å². The van der Waals surface area contributed by atoms with Crippen molar-refractivity contribution in [3.8, 4) is 89.0 Å². The van der Waals surface area contributed by atoms with Crippen molar-refractivity contribution in [2.24, 2.45) is 0 Å². The Hall–Kier alpha value is -12.0. The van der Waals surface area contributed by atoms with Crippen molar-refractivity contribution in [2.75, 3.05) is 10.2 Å². The summed E-state index contributed by atoms with van der Waals surface area (Å²) >= 11 is 7.29. The lowest BCUT2D eigenvalue weighted by atomic mass is 9.99. The highest BCUT2D eigenvalue weighted by Crippen LogP contribution is 2.46. The Bertz CT molecular complexity index is 5510. The maximum atomic E-state index is 3.59. The van der Waals surface area contributed by atoms with Gasteiger partial charge in [-0.15, -0.1) is 22.7 Å². The van der Waals surface area contributed by atoms with Crippen LogP contribution in [-0.2, 0) is 0 Å². The molecule has 480 valence electrons. The first-order valence-electron chi connectivity index (χ1n) is 34.0. The van der Waals surface area contributed by atoms with Crippen molar-refractivity contribution < 1.29 is 0 Å². The van der Waals surface area contributed by atoms with Crippen LogP contribution in [0.1, 0.15) is 0 Å². The third-order valence-electron chi connectivity index (χ3n) is 18.6. The van der Waals surface area contributed by atoms with E-state index >= 15 is 0 Å². The summed E-state index contributed by atoms with van der Waals surface area (Å²) in [5.41, 5.74) is 25.1. The number of halogens is 1. The fourth-order valence-corrected chi connectivity index (χ4v) is 16.2. The minimum absolute atomic E-state index is 1.07. The molecule has 18 aromatic rings. The van der Waals surface area contributed by atoms with E-state index in [-0.39, 0.29) is 0 Å². The summed E-state index contributed by atoms with van der Waals surface area (Å²) in [6.07, 6.45) is 0. The summed E-state index contributed by atoms with van der Waals surface area (Å²) in [5.74, 6) is 0. The number of anilines is 5. The Balaban J connectivity index is 0.000000135. The maximum absolute atomic E-state index is 3.59. The topological polar surface area (TPSA) is 15.3 Å². The van der Waals surface area contributed by atoms with E-state index in [1.54, 1.807) is 0 Å². The number of nitrogens with zero attached hydrogens (tertiary/aromatic N) is 1. The summed E-state index contributed by atoms with van der Waals surface area (Å²) in [5, 5.41) is 8.82. The van der Waals surface area contributed by atoms with Crippen molar-refractivity contribution in [3.05, 3.63) is 405 Å². The van der Waals surface area contributed by atoms with Gasteiger partial charge in [-0.3, -0.25) is 0 Å². The van der Waals surface area contributed by atoms with Crippen LogP contribution < -0.4 is 10.2 Å². The van der Waals surface area contributed by atoms with E-state index in [2.05, 4.69) is 414 Å². The molecule has 1 N–H and O–H groups in total. The Morgan fingerprint density at radius 3 is 0.762 bits per heavy atom. The molecule has 2 nitrogen and oxygen atoms in total. The summed E-state index contributed by atoms with van der Waals surface area (Å²) in [4.78, 5) is 2.41. The molecule has 0 fully saturated rings. The molecule has 0 aliphatic heterocycles. The van der Waals surface area contributed by atoms with Crippen LogP contribution in [0.5, 0.6) is 0 Å². The summed E-state index contributed by atoms with van der Waals surface area (Å²) in [6.45, 7) is 0. The molecular formula is C96H67BrN2S2. The molecule has 0 amide bonds. The first kappa shape index (κ1) is 63.8. The van der Waals surface area contributed by atoms with Crippen molar-refractivity contribution >= 4 is 107 Å². The monoisotopic (exact) mass is 1390 g/mol. The molecule has 0 unspecified atom stereocenters. The summed E-state index contributed by atoms with van der Waals surface area (Å²) < 4.78 is 6.48. The molecule has 0 atom stereocenters. The van der Waals surface area contributed by atoms with Crippen LogP contribution >= 0.6 is 38.6 Å². The minimum Gasteiger partial charge on any atom is -0.356 e. The highest BCUT2D eigenvalue weighted by molar-refractivity contribution is 9.10. The fraction of sp³-hybridized carbons (Fsp3) is 0. The number of fused-ring (bicyclic) bond motifs is 6. The van der Waals surface area contributed by atoms with Crippen LogP contribution in [0.3, 0.4) is 0 Å². The molecule has 0 aliphatic carbocycles. The predicted molar refractivity (Wildman–Crippen MR) is 441 cm³/mol.